The molecule has 1 aliphatic rings. The van der Waals surface area contributed by atoms with Crippen LogP contribution in [0.3, 0.4) is 0 Å². The van der Waals surface area contributed by atoms with Gasteiger partial charge in [0.05, 0.1) is 0 Å². The van der Waals surface area contributed by atoms with Crippen LogP contribution in [0.5, 0.6) is 0 Å². The van der Waals surface area contributed by atoms with Gasteiger partial charge in [-0.15, -0.1) is 0 Å². The first-order chi connectivity index (χ1) is 5.20. The Bertz CT molecular complexity index is 183. The van der Waals surface area contributed by atoms with Gasteiger partial charge in [0.2, 0.25) is 0 Å². The van der Waals surface area contributed by atoms with Gasteiger partial charge in [-0.3, -0.25) is 0 Å². The Morgan fingerprint density at radius 2 is 2.18 bits per heavy atom. The van der Waals surface area contributed by atoms with Crippen LogP contribution in [-0.4, -0.2) is 18.0 Å². The van der Waals surface area contributed by atoms with Crippen LogP contribution in [0.25, 0.3) is 0 Å². The van der Waals surface area contributed by atoms with E-state index in [-0.39, 0.29) is 12.4 Å². The summed E-state index contributed by atoms with van der Waals surface area (Å²) < 4.78 is 9.37. The third-order valence-electron chi connectivity index (χ3n) is 1.38. The second-order valence-corrected chi connectivity index (χ2v) is 5.40. The average Bonchev–Trinajstić information content (AvgIpc) is 1.98. The quantitative estimate of drug-likeness (QED) is 0.576. The molecule has 0 amide bonds. The van der Waals surface area contributed by atoms with E-state index in [0.29, 0.717) is 6.42 Å². The van der Waals surface area contributed by atoms with Crippen molar-refractivity contribution in [2.24, 2.45) is 5.73 Å². The van der Waals surface area contributed by atoms with E-state index in [1.807, 2.05) is 0 Å². The molecular weight excluding hydrogens is 339 g/mol. The van der Waals surface area contributed by atoms with Crippen LogP contribution in [0.2, 0.25) is 0 Å². The van der Waals surface area contributed by atoms with Crippen molar-refractivity contribution in [3.63, 3.8) is 0 Å². The van der Waals surface area contributed by atoms with Crippen molar-refractivity contribution in [2.45, 2.75) is 18.9 Å². The van der Waals surface area contributed by atoms with Gasteiger partial charge in [-0.25, -0.2) is 0 Å². The molecule has 0 aliphatic carbocycles. The summed E-state index contributed by atoms with van der Waals surface area (Å²) in [5.41, 5.74) is 5.36. The molecular formula is C5H7HgNO4. The number of carbonyl (C=O) groups excluding carboxylic acids is 2. The maximum absolute atomic E-state index is 10.8. The third-order valence-corrected chi connectivity index (χ3v) is 4.66. The van der Waals surface area contributed by atoms with Crippen molar-refractivity contribution in [2.75, 3.05) is 0 Å². The van der Waals surface area contributed by atoms with Crippen LogP contribution >= 0.6 is 0 Å². The number of hydrogen-bond donors (Lipinski definition) is 1. The van der Waals surface area contributed by atoms with Crippen LogP contribution in [0.1, 0.15) is 12.8 Å². The molecule has 58 valence electrons. The fraction of sp³-hybridized carbons (Fsp3) is 0.600. The monoisotopic (exact) mass is 347 g/mol. The van der Waals surface area contributed by atoms with Crippen LogP contribution in [-0.2, 0) is 40.4 Å². The van der Waals surface area contributed by atoms with E-state index in [2.05, 4.69) is 5.29 Å². The normalized spacial score (nSPS) is 25.0. The van der Waals surface area contributed by atoms with E-state index in [4.69, 9.17) is 5.73 Å². The fourth-order valence-corrected chi connectivity index (χ4v) is 3.31. The van der Waals surface area contributed by atoms with E-state index >= 15 is 0 Å². The number of carbonyl (C=O) groups is 2. The van der Waals surface area contributed by atoms with Crippen LogP contribution in [0, 0.1) is 0 Å². The Balaban J connectivity index is 2.47. The van der Waals surface area contributed by atoms with Crippen molar-refractivity contribution in [1.82, 2.24) is 0 Å². The van der Waals surface area contributed by atoms with E-state index in [0.717, 1.165) is 0 Å². The topological polar surface area (TPSA) is 78.6 Å². The zero-order valence-electron chi connectivity index (χ0n) is 5.91. The Labute approximate surface area is 77.0 Å². The van der Waals surface area contributed by atoms with Gasteiger partial charge in [-0.05, 0) is 0 Å². The SMILES string of the molecule is N[C@@H]1CCC(=O)[O][Hg][O]C1=O. The predicted molar refractivity (Wildman–Crippen MR) is 29.4 cm³/mol. The van der Waals surface area contributed by atoms with Gasteiger partial charge in [0.15, 0.2) is 0 Å². The minimum atomic E-state index is -2.14. The van der Waals surface area contributed by atoms with Gasteiger partial charge in [0.25, 0.3) is 0 Å². The summed E-state index contributed by atoms with van der Waals surface area (Å²) in [7, 11) is 0. The second kappa shape index (κ2) is 4.01. The molecule has 0 unspecified atom stereocenters. The van der Waals surface area contributed by atoms with Crippen LogP contribution in [0.15, 0.2) is 0 Å². The molecule has 1 heterocycles. The summed E-state index contributed by atoms with van der Waals surface area (Å²) in [4.78, 5) is 21.5. The molecule has 1 aliphatic heterocycles. The fourth-order valence-electron chi connectivity index (χ4n) is 0.724. The average molecular weight is 346 g/mol. The summed E-state index contributed by atoms with van der Waals surface area (Å²) in [6, 6.07) is -0.636. The van der Waals surface area contributed by atoms with Crippen molar-refractivity contribution >= 4 is 11.9 Å². The third kappa shape index (κ3) is 2.74. The Hall–Kier alpha value is -0.165. The van der Waals surface area contributed by atoms with E-state index in [1.54, 1.807) is 0 Å². The summed E-state index contributed by atoms with van der Waals surface area (Å²) in [6.07, 6.45) is 0.557. The molecule has 0 aromatic heterocycles. The van der Waals surface area contributed by atoms with Crippen molar-refractivity contribution in [3.05, 3.63) is 0 Å². The van der Waals surface area contributed by atoms with Gasteiger partial charge < -0.3 is 0 Å². The zero-order chi connectivity index (χ0) is 8.27. The van der Waals surface area contributed by atoms with Gasteiger partial charge in [-0.1, -0.05) is 0 Å². The summed E-state index contributed by atoms with van der Waals surface area (Å²) in [5.74, 6) is -0.700. The zero-order valence-corrected chi connectivity index (χ0v) is 11.4. The van der Waals surface area contributed by atoms with Crippen LogP contribution < -0.4 is 5.73 Å². The molecule has 11 heavy (non-hydrogen) atoms. The van der Waals surface area contributed by atoms with Crippen LogP contribution in [0.4, 0.5) is 0 Å². The Morgan fingerprint density at radius 1 is 1.45 bits per heavy atom. The Kier molecular flexibility index (Phi) is 3.26. The molecule has 5 nitrogen and oxygen atoms in total. The molecule has 6 heteroatoms. The van der Waals surface area contributed by atoms with Crippen molar-refractivity contribution in [1.29, 1.82) is 0 Å². The first kappa shape index (κ1) is 8.93. The first-order valence-electron chi connectivity index (χ1n) is 3.28. The molecule has 0 bridgehead atoms. The molecule has 1 rings (SSSR count). The van der Waals surface area contributed by atoms with E-state index in [9.17, 15) is 9.59 Å². The maximum atomic E-state index is 10.8. The molecule has 1 saturated heterocycles. The molecule has 0 spiro atoms. The van der Waals surface area contributed by atoms with Gasteiger partial charge >= 0.3 is 76.9 Å². The molecule has 1 fully saturated rings. The molecule has 2 N–H and O–H groups in total. The van der Waals surface area contributed by atoms with Crippen molar-refractivity contribution in [3.8, 4) is 0 Å². The Morgan fingerprint density at radius 3 is 2.91 bits per heavy atom. The first-order valence-corrected chi connectivity index (χ1v) is 7.77. The molecule has 0 saturated carbocycles. The molecule has 0 aromatic carbocycles. The number of nitrogens with two attached hydrogens (primary N) is 1. The second-order valence-electron chi connectivity index (χ2n) is 2.24. The summed E-state index contributed by atoms with van der Waals surface area (Å²) in [5, 5.41) is 0. The van der Waals surface area contributed by atoms with Crippen molar-refractivity contribution < 1.29 is 40.4 Å². The summed E-state index contributed by atoms with van der Waals surface area (Å²) in [6.45, 7) is 0. The molecule has 0 aromatic rings. The molecule has 1 atom stereocenters. The number of rotatable bonds is 0. The number of hydrogen-bond acceptors (Lipinski definition) is 5. The van der Waals surface area contributed by atoms with Gasteiger partial charge in [0.1, 0.15) is 0 Å². The van der Waals surface area contributed by atoms with E-state index < -0.39 is 37.5 Å². The minimum absolute atomic E-state index is 0.232. The molecule has 0 radical (unpaired) electrons. The van der Waals surface area contributed by atoms with Gasteiger partial charge in [0, 0.05) is 0 Å². The van der Waals surface area contributed by atoms with Gasteiger partial charge in [-0.2, -0.15) is 0 Å². The van der Waals surface area contributed by atoms with E-state index in [1.165, 1.54) is 0 Å². The summed E-state index contributed by atoms with van der Waals surface area (Å²) >= 11 is -2.14. The predicted octanol–water partition coefficient (Wildman–Crippen LogP) is -0.894. The standard InChI is InChI=1S/C5H9NO4.Hg/c6-3(5(9)10)1-2-4(7)8;/h3H,1-2,6H2,(H,7,8)(H,9,10);/q;+2/p-2/t3-;/m1./s1.